The van der Waals surface area contributed by atoms with Crippen molar-refractivity contribution < 1.29 is 37.7 Å². The zero-order chi connectivity index (χ0) is 25.9. The summed E-state index contributed by atoms with van der Waals surface area (Å²) in [5.74, 6) is -0.686. The molecule has 0 radical (unpaired) electrons. The Labute approximate surface area is 205 Å². The first-order valence-corrected chi connectivity index (χ1v) is 11.6. The van der Waals surface area contributed by atoms with Gasteiger partial charge in [-0.05, 0) is 37.8 Å². The Morgan fingerprint density at radius 2 is 1.97 bits per heavy atom. The van der Waals surface area contributed by atoms with Gasteiger partial charge in [0.1, 0.15) is 11.5 Å². The van der Waals surface area contributed by atoms with E-state index in [0.29, 0.717) is 19.5 Å². The molecule has 36 heavy (non-hydrogen) atoms. The number of benzene rings is 1. The number of imidazole rings is 1. The second-order valence-electron chi connectivity index (χ2n) is 8.32. The van der Waals surface area contributed by atoms with Crippen LogP contribution < -0.4 is 14.4 Å². The van der Waals surface area contributed by atoms with E-state index in [2.05, 4.69) is 9.72 Å². The molecule has 194 valence electrons. The van der Waals surface area contributed by atoms with Gasteiger partial charge in [0.2, 0.25) is 6.35 Å². The quantitative estimate of drug-likeness (QED) is 0.534. The average Bonchev–Trinajstić information content (AvgIpc) is 3.16. The SMILES string of the molecule is CCN1c2nc(Oc3cccc(OC(F)(F)F)c3)n(CC3C=CC=CC3)c2C(=O)N(CCCO)C1O. The topological polar surface area (TPSA) is 100 Å². The van der Waals surface area contributed by atoms with Crippen molar-refractivity contribution >= 4 is 11.7 Å². The number of rotatable bonds is 9. The van der Waals surface area contributed by atoms with Crippen molar-refractivity contribution in [2.45, 2.75) is 39.0 Å². The zero-order valence-electron chi connectivity index (χ0n) is 19.6. The molecule has 1 aliphatic carbocycles. The summed E-state index contributed by atoms with van der Waals surface area (Å²) in [6.45, 7) is 2.38. The molecule has 1 aromatic carbocycles. The van der Waals surface area contributed by atoms with E-state index < -0.39 is 24.4 Å². The number of nitrogens with zero attached hydrogens (tertiary/aromatic N) is 4. The number of carbonyl (C=O) groups excluding carboxylic acids is 1. The van der Waals surface area contributed by atoms with Crippen molar-refractivity contribution in [2.75, 3.05) is 24.6 Å². The highest BCUT2D eigenvalue weighted by Crippen LogP contribution is 2.37. The van der Waals surface area contributed by atoms with Crippen LogP contribution in [-0.2, 0) is 6.54 Å². The lowest BCUT2D eigenvalue weighted by atomic mass is 10.0. The van der Waals surface area contributed by atoms with E-state index in [4.69, 9.17) is 4.74 Å². The Bertz CT molecular complexity index is 1150. The summed E-state index contributed by atoms with van der Waals surface area (Å²) in [6.07, 6.45) is 2.61. The molecule has 1 amide bonds. The van der Waals surface area contributed by atoms with Crippen LogP contribution in [0.1, 0.15) is 30.3 Å². The maximum atomic E-state index is 13.5. The molecule has 2 N–H and O–H groups in total. The molecule has 1 aliphatic heterocycles. The van der Waals surface area contributed by atoms with Gasteiger partial charge < -0.3 is 24.6 Å². The number of aliphatic hydroxyl groups is 2. The van der Waals surface area contributed by atoms with Gasteiger partial charge in [-0.2, -0.15) is 4.98 Å². The van der Waals surface area contributed by atoms with Crippen LogP contribution in [0.5, 0.6) is 17.5 Å². The number of halogens is 3. The third kappa shape index (κ3) is 5.49. The number of hydrogen-bond acceptors (Lipinski definition) is 7. The minimum Gasteiger partial charge on any atom is -0.425 e. The summed E-state index contributed by atoms with van der Waals surface area (Å²) in [7, 11) is 0. The Morgan fingerprint density at radius 1 is 1.19 bits per heavy atom. The number of ether oxygens (including phenoxy) is 2. The number of carbonyl (C=O) groups is 1. The molecule has 2 unspecified atom stereocenters. The summed E-state index contributed by atoms with van der Waals surface area (Å²) in [5.41, 5.74) is 0.195. The number of alkyl halides is 3. The fourth-order valence-electron chi connectivity index (χ4n) is 4.21. The Kier molecular flexibility index (Phi) is 7.55. The Hall–Kier alpha value is -3.51. The molecule has 1 aromatic heterocycles. The van der Waals surface area contributed by atoms with E-state index in [-0.39, 0.29) is 48.8 Å². The Balaban J connectivity index is 1.75. The molecular weight excluding hydrogens is 481 g/mol. The maximum absolute atomic E-state index is 13.5. The third-order valence-electron chi connectivity index (χ3n) is 5.84. The number of fused-ring (bicyclic) bond motifs is 1. The predicted molar refractivity (Wildman–Crippen MR) is 124 cm³/mol. The Morgan fingerprint density at radius 3 is 2.64 bits per heavy atom. The van der Waals surface area contributed by atoms with Gasteiger partial charge in [0.05, 0.1) is 0 Å². The van der Waals surface area contributed by atoms with Gasteiger partial charge in [0.15, 0.2) is 11.5 Å². The van der Waals surface area contributed by atoms with Crippen molar-refractivity contribution in [3.05, 3.63) is 54.3 Å². The molecule has 0 saturated carbocycles. The smallest absolute Gasteiger partial charge is 0.425 e. The highest BCUT2D eigenvalue weighted by atomic mass is 19.4. The molecule has 12 heteroatoms. The van der Waals surface area contributed by atoms with Crippen LogP contribution in [0.3, 0.4) is 0 Å². The lowest BCUT2D eigenvalue weighted by Crippen LogP contribution is -2.56. The molecule has 0 bridgehead atoms. The minimum atomic E-state index is -4.86. The lowest BCUT2D eigenvalue weighted by molar-refractivity contribution is -0.274. The minimum absolute atomic E-state index is 0.00452. The van der Waals surface area contributed by atoms with Gasteiger partial charge in [0, 0.05) is 32.3 Å². The van der Waals surface area contributed by atoms with Crippen molar-refractivity contribution in [3.8, 4) is 17.5 Å². The van der Waals surface area contributed by atoms with E-state index in [1.165, 1.54) is 21.9 Å². The van der Waals surface area contributed by atoms with Gasteiger partial charge in [0.25, 0.3) is 5.91 Å². The van der Waals surface area contributed by atoms with Gasteiger partial charge in [-0.15, -0.1) is 13.2 Å². The standard InChI is InChI=1S/C24H27F3N4O5/c1-2-29-20-19(21(33)30(23(29)34)12-7-13-32)31(15-16-8-4-3-5-9-16)22(28-20)35-17-10-6-11-18(14-17)36-24(25,26)27/h3-6,8,10-11,14,16,23,32,34H,2,7,9,12-13,15H2,1H3. The summed E-state index contributed by atoms with van der Waals surface area (Å²) in [4.78, 5) is 20.8. The van der Waals surface area contributed by atoms with Crippen LogP contribution in [0, 0.1) is 5.92 Å². The average molecular weight is 508 g/mol. The second-order valence-corrected chi connectivity index (χ2v) is 8.32. The molecule has 0 fully saturated rings. The zero-order valence-corrected chi connectivity index (χ0v) is 19.6. The molecule has 2 aromatic rings. The van der Waals surface area contributed by atoms with E-state index >= 15 is 0 Å². The molecule has 2 heterocycles. The number of aliphatic hydroxyl groups excluding tert-OH is 2. The van der Waals surface area contributed by atoms with E-state index in [1.807, 2.05) is 24.3 Å². The maximum Gasteiger partial charge on any atom is 0.573 e. The highest BCUT2D eigenvalue weighted by Gasteiger charge is 2.41. The molecular formula is C24H27F3N4O5. The van der Waals surface area contributed by atoms with E-state index in [0.717, 1.165) is 12.1 Å². The molecule has 2 aliphatic rings. The van der Waals surface area contributed by atoms with Gasteiger partial charge in [-0.1, -0.05) is 30.4 Å². The van der Waals surface area contributed by atoms with E-state index in [1.54, 1.807) is 11.5 Å². The number of anilines is 1. The molecule has 9 nitrogen and oxygen atoms in total. The number of amides is 1. The van der Waals surface area contributed by atoms with Crippen molar-refractivity contribution in [1.82, 2.24) is 14.5 Å². The summed E-state index contributed by atoms with van der Waals surface area (Å²) in [5, 5.41) is 20.1. The fourth-order valence-corrected chi connectivity index (χ4v) is 4.21. The van der Waals surface area contributed by atoms with Gasteiger partial charge in [-0.3, -0.25) is 14.3 Å². The van der Waals surface area contributed by atoms with Crippen molar-refractivity contribution in [1.29, 1.82) is 0 Å². The highest BCUT2D eigenvalue weighted by molar-refractivity contribution is 6.00. The van der Waals surface area contributed by atoms with Crippen LogP contribution in [-0.4, -0.2) is 63.0 Å². The fraction of sp³-hybridized carbons (Fsp3) is 0.417. The normalized spacial score (nSPS) is 19.6. The first-order chi connectivity index (χ1) is 17.2. The van der Waals surface area contributed by atoms with E-state index in [9.17, 15) is 28.2 Å². The number of hydrogen-bond donors (Lipinski definition) is 2. The first kappa shape index (κ1) is 25.6. The van der Waals surface area contributed by atoms with Crippen molar-refractivity contribution in [2.24, 2.45) is 5.92 Å². The van der Waals surface area contributed by atoms with Gasteiger partial charge >= 0.3 is 12.4 Å². The van der Waals surface area contributed by atoms with Crippen LogP contribution >= 0.6 is 0 Å². The molecule has 4 rings (SSSR count). The molecule has 2 atom stereocenters. The van der Waals surface area contributed by atoms with Gasteiger partial charge in [-0.25, -0.2) is 0 Å². The lowest BCUT2D eigenvalue weighted by Gasteiger charge is -2.40. The monoisotopic (exact) mass is 508 g/mol. The second kappa shape index (κ2) is 10.6. The van der Waals surface area contributed by atoms with Crippen LogP contribution in [0.25, 0.3) is 0 Å². The van der Waals surface area contributed by atoms with Crippen molar-refractivity contribution in [3.63, 3.8) is 0 Å². The third-order valence-corrected chi connectivity index (χ3v) is 5.84. The summed E-state index contributed by atoms with van der Waals surface area (Å²) >= 11 is 0. The summed E-state index contributed by atoms with van der Waals surface area (Å²) in [6, 6.07) is 5.02. The number of aromatic nitrogens is 2. The molecule has 0 saturated heterocycles. The summed E-state index contributed by atoms with van der Waals surface area (Å²) < 4.78 is 49.5. The van der Waals surface area contributed by atoms with Crippen LogP contribution in [0.15, 0.2) is 48.6 Å². The van der Waals surface area contributed by atoms with Crippen LogP contribution in [0.2, 0.25) is 0 Å². The van der Waals surface area contributed by atoms with Crippen LogP contribution in [0.4, 0.5) is 19.0 Å². The number of allylic oxidation sites excluding steroid dienone is 4. The largest absolute Gasteiger partial charge is 0.573 e. The predicted octanol–water partition coefficient (Wildman–Crippen LogP) is 3.65. The molecule has 0 spiro atoms. The first-order valence-electron chi connectivity index (χ1n) is 11.6.